The van der Waals surface area contributed by atoms with Gasteiger partial charge in [0.25, 0.3) is 0 Å². The normalized spacial score (nSPS) is 21.9. The minimum absolute atomic E-state index is 0.0428. The van der Waals surface area contributed by atoms with E-state index in [0.717, 1.165) is 13.1 Å². The molecule has 0 spiro atoms. The molecule has 0 radical (unpaired) electrons. The fourth-order valence-electron chi connectivity index (χ4n) is 1.23. The van der Waals surface area contributed by atoms with Crippen molar-refractivity contribution in [3.8, 4) is 0 Å². The summed E-state index contributed by atoms with van der Waals surface area (Å²) in [6, 6.07) is 0. The molecule has 1 aliphatic heterocycles. The number of nitrogens with one attached hydrogen (secondary N) is 1. The van der Waals surface area contributed by atoms with Crippen molar-refractivity contribution in [2.75, 3.05) is 40.0 Å². The molecular weight excluding hydrogens is 186 g/mol. The average molecular weight is 203 g/mol. The van der Waals surface area contributed by atoms with Gasteiger partial charge in [-0.15, -0.1) is 0 Å². The van der Waals surface area contributed by atoms with Crippen molar-refractivity contribution in [2.24, 2.45) is 0 Å². The van der Waals surface area contributed by atoms with Gasteiger partial charge in [-0.25, -0.2) is 0 Å². The standard InChI is InChI=1S/C9H17NO4/c1-12-4-5-14-9(11)6-8-7-10-2-3-13-8/h8,10H,2-7H2,1H3. The molecule has 0 saturated carbocycles. The first kappa shape index (κ1) is 11.4. The van der Waals surface area contributed by atoms with Crippen LogP contribution in [-0.4, -0.2) is 52.1 Å². The molecule has 5 heteroatoms. The zero-order valence-corrected chi connectivity index (χ0v) is 8.45. The summed E-state index contributed by atoms with van der Waals surface area (Å²) in [6.45, 7) is 3.00. The maximum atomic E-state index is 11.2. The van der Waals surface area contributed by atoms with E-state index in [-0.39, 0.29) is 12.1 Å². The average Bonchev–Trinajstić information content (AvgIpc) is 2.20. The van der Waals surface area contributed by atoms with Crippen LogP contribution in [0.15, 0.2) is 0 Å². The van der Waals surface area contributed by atoms with Crippen LogP contribution in [0.1, 0.15) is 6.42 Å². The van der Waals surface area contributed by atoms with Crippen LogP contribution in [0.25, 0.3) is 0 Å². The number of carbonyl (C=O) groups excluding carboxylic acids is 1. The summed E-state index contributed by atoms with van der Waals surface area (Å²) in [4.78, 5) is 11.2. The van der Waals surface area contributed by atoms with Crippen LogP contribution in [-0.2, 0) is 19.0 Å². The van der Waals surface area contributed by atoms with Gasteiger partial charge in [0.1, 0.15) is 6.61 Å². The molecule has 1 fully saturated rings. The van der Waals surface area contributed by atoms with Gasteiger partial charge < -0.3 is 19.5 Å². The van der Waals surface area contributed by atoms with Crippen molar-refractivity contribution in [2.45, 2.75) is 12.5 Å². The van der Waals surface area contributed by atoms with E-state index in [1.54, 1.807) is 7.11 Å². The Balaban J connectivity index is 2.06. The van der Waals surface area contributed by atoms with Crippen molar-refractivity contribution in [1.29, 1.82) is 0 Å². The van der Waals surface area contributed by atoms with Crippen molar-refractivity contribution in [3.05, 3.63) is 0 Å². The first-order valence-corrected chi connectivity index (χ1v) is 4.80. The van der Waals surface area contributed by atoms with Gasteiger partial charge in [-0.2, -0.15) is 0 Å². The molecule has 0 aromatic heterocycles. The second kappa shape index (κ2) is 6.75. The zero-order valence-electron chi connectivity index (χ0n) is 8.45. The minimum Gasteiger partial charge on any atom is -0.463 e. The maximum absolute atomic E-state index is 11.2. The summed E-state index contributed by atoms with van der Waals surface area (Å²) in [7, 11) is 1.57. The fraction of sp³-hybridized carbons (Fsp3) is 0.889. The Labute approximate surface area is 83.7 Å². The highest BCUT2D eigenvalue weighted by atomic mass is 16.6. The van der Waals surface area contributed by atoms with Gasteiger partial charge in [-0.3, -0.25) is 4.79 Å². The van der Waals surface area contributed by atoms with Crippen LogP contribution in [0.5, 0.6) is 0 Å². The highest BCUT2D eigenvalue weighted by Gasteiger charge is 2.17. The molecule has 0 aromatic rings. The first-order valence-electron chi connectivity index (χ1n) is 4.80. The third-order valence-electron chi connectivity index (χ3n) is 1.95. The monoisotopic (exact) mass is 203 g/mol. The van der Waals surface area contributed by atoms with Gasteiger partial charge in [-0.1, -0.05) is 0 Å². The molecule has 0 aromatic carbocycles. The second-order valence-corrected chi connectivity index (χ2v) is 3.11. The Hall–Kier alpha value is -0.650. The van der Waals surface area contributed by atoms with Crippen molar-refractivity contribution in [3.63, 3.8) is 0 Å². The molecule has 82 valence electrons. The molecule has 14 heavy (non-hydrogen) atoms. The van der Waals surface area contributed by atoms with Crippen LogP contribution in [0.4, 0.5) is 0 Å². The highest BCUT2D eigenvalue weighted by Crippen LogP contribution is 2.02. The van der Waals surface area contributed by atoms with Crippen molar-refractivity contribution >= 4 is 5.97 Å². The van der Waals surface area contributed by atoms with Crippen LogP contribution < -0.4 is 5.32 Å². The van der Waals surface area contributed by atoms with E-state index in [4.69, 9.17) is 14.2 Å². The third kappa shape index (κ3) is 4.55. The van der Waals surface area contributed by atoms with Gasteiger partial charge >= 0.3 is 5.97 Å². The summed E-state index contributed by atoms with van der Waals surface area (Å²) in [6.07, 6.45) is 0.273. The first-order chi connectivity index (χ1) is 6.83. The summed E-state index contributed by atoms with van der Waals surface area (Å²) in [5.74, 6) is -0.226. The van der Waals surface area contributed by atoms with E-state index >= 15 is 0 Å². The molecule has 1 N–H and O–H groups in total. The van der Waals surface area contributed by atoms with E-state index in [0.29, 0.717) is 26.2 Å². The summed E-state index contributed by atoms with van der Waals surface area (Å²) >= 11 is 0. The predicted molar refractivity (Wildman–Crippen MR) is 50.1 cm³/mol. The smallest absolute Gasteiger partial charge is 0.308 e. The van der Waals surface area contributed by atoms with E-state index in [9.17, 15) is 4.79 Å². The largest absolute Gasteiger partial charge is 0.463 e. The van der Waals surface area contributed by atoms with Gasteiger partial charge in [0, 0.05) is 20.2 Å². The number of ether oxygens (including phenoxy) is 3. The lowest BCUT2D eigenvalue weighted by Crippen LogP contribution is -2.39. The number of esters is 1. The molecule has 5 nitrogen and oxygen atoms in total. The van der Waals surface area contributed by atoms with Crippen molar-refractivity contribution in [1.82, 2.24) is 5.32 Å². The van der Waals surface area contributed by atoms with Crippen molar-refractivity contribution < 1.29 is 19.0 Å². The van der Waals surface area contributed by atoms with Crippen LogP contribution >= 0.6 is 0 Å². The second-order valence-electron chi connectivity index (χ2n) is 3.11. The third-order valence-corrected chi connectivity index (χ3v) is 1.95. The Morgan fingerprint density at radius 2 is 2.43 bits per heavy atom. The van der Waals surface area contributed by atoms with Gasteiger partial charge in [0.15, 0.2) is 0 Å². The lowest BCUT2D eigenvalue weighted by molar-refractivity contribution is -0.148. The van der Waals surface area contributed by atoms with E-state index < -0.39 is 0 Å². The number of carbonyl (C=O) groups is 1. The lowest BCUT2D eigenvalue weighted by atomic mass is 10.2. The minimum atomic E-state index is -0.226. The summed E-state index contributed by atoms with van der Waals surface area (Å²) < 4.78 is 15.0. The number of morpholine rings is 1. The molecule has 0 bridgehead atoms. The molecule has 0 amide bonds. The quantitative estimate of drug-likeness (QED) is 0.484. The van der Waals surface area contributed by atoms with Gasteiger partial charge in [-0.05, 0) is 0 Å². The number of methoxy groups -OCH3 is 1. The van der Waals surface area contributed by atoms with Crippen LogP contribution in [0.3, 0.4) is 0 Å². The molecule has 1 atom stereocenters. The highest BCUT2D eigenvalue weighted by molar-refractivity contribution is 5.70. The molecule has 0 aliphatic carbocycles. The summed E-state index contributed by atoms with van der Waals surface area (Å²) in [5.41, 5.74) is 0. The molecular formula is C9H17NO4. The van der Waals surface area contributed by atoms with E-state index in [1.165, 1.54) is 0 Å². The Morgan fingerprint density at radius 1 is 1.57 bits per heavy atom. The van der Waals surface area contributed by atoms with Crippen LogP contribution in [0, 0.1) is 0 Å². The van der Waals surface area contributed by atoms with Gasteiger partial charge in [0.05, 0.1) is 25.7 Å². The number of hydrogen-bond acceptors (Lipinski definition) is 5. The molecule has 1 aliphatic rings. The SMILES string of the molecule is COCCOC(=O)CC1CNCCO1. The molecule has 1 unspecified atom stereocenters. The predicted octanol–water partition coefficient (Wildman–Crippen LogP) is -0.445. The zero-order chi connectivity index (χ0) is 10.2. The summed E-state index contributed by atoms with van der Waals surface area (Å²) in [5, 5.41) is 3.15. The van der Waals surface area contributed by atoms with E-state index in [1.807, 2.05) is 0 Å². The fourth-order valence-corrected chi connectivity index (χ4v) is 1.23. The number of hydrogen-bond donors (Lipinski definition) is 1. The Kier molecular flexibility index (Phi) is 5.51. The molecule has 1 heterocycles. The topological polar surface area (TPSA) is 56.8 Å². The Morgan fingerprint density at radius 3 is 3.07 bits per heavy atom. The molecule has 1 rings (SSSR count). The molecule has 1 saturated heterocycles. The van der Waals surface area contributed by atoms with Gasteiger partial charge in [0.2, 0.25) is 0 Å². The maximum Gasteiger partial charge on any atom is 0.308 e. The lowest BCUT2D eigenvalue weighted by Gasteiger charge is -2.22. The Bertz CT molecular complexity index is 168. The number of rotatable bonds is 5. The van der Waals surface area contributed by atoms with E-state index in [2.05, 4.69) is 5.32 Å². The van der Waals surface area contributed by atoms with Crippen LogP contribution in [0.2, 0.25) is 0 Å².